The summed E-state index contributed by atoms with van der Waals surface area (Å²) in [4.78, 5) is 12.4. The third-order valence-electron chi connectivity index (χ3n) is 3.77. The van der Waals surface area contributed by atoms with Crippen molar-refractivity contribution in [1.82, 2.24) is 0 Å². The summed E-state index contributed by atoms with van der Waals surface area (Å²) in [7, 11) is 0. The third kappa shape index (κ3) is 2.86. The molecular formula is C13H17ClFN3O2. The van der Waals surface area contributed by atoms with E-state index in [0.717, 1.165) is 18.9 Å². The standard InChI is InChI=1S/C13H17ClFN3O2/c1-8-2-3-17(9(4-8)7-16)12-5-10(14)11(15)6-13(12)18(19)20/h5-6,8-9H,2-4,7,16H2,1H3. The first-order valence-electron chi connectivity index (χ1n) is 6.54. The summed E-state index contributed by atoms with van der Waals surface area (Å²) in [5.74, 6) is -0.258. The fraction of sp³-hybridized carbons (Fsp3) is 0.538. The zero-order chi connectivity index (χ0) is 14.9. The second kappa shape index (κ2) is 5.93. The highest BCUT2D eigenvalue weighted by Crippen LogP contribution is 2.37. The summed E-state index contributed by atoms with van der Waals surface area (Å²) >= 11 is 5.77. The Bertz CT molecular complexity index is 527. The van der Waals surface area contributed by atoms with Crippen molar-refractivity contribution in [1.29, 1.82) is 0 Å². The Kier molecular flexibility index (Phi) is 4.45. The summed E-state index contributed by atoms with van der Waals surface area (Å²) in [5, 5.41) is 11.0. The van der Waals surface area contributed by atoms with Crippen LogP contribution in [-0.4, -0.2) is 24.1 Å². The van der Waals surface area contributed by atoms with Crippen molar-refractivity contribution in [2.45, 2.75) is 25.8 Å². The number of anilines is 1. The predicted octanol–water partition coefficient (Wildman–Crippen LogP) is 2.95. The Morgan fingerprint density at radius 2 is 2.30 bits per heavy atom. The molecule has 2 unspecified atom stereocenters. The van der Waals surface area contributed by atoms with E-state index in [1.165, 1.54) is 6.07 Å². The van der Waals surface area contributed by atoms with E-state index in [1.807, 2.05) is 4.90 Å². The van der Waals surface area contributed by atoms with E-state index in [0.29, 0.717) is 24.7 Å². The minimum absolute atomic E-state index is 0.0129. The topological polar surface area (TPSA) is 72.4 Å². The Labute approximate surface area is 121 Å². The molecule has 0 spiro atoms. The van der Waals surface area contributed by atoms with Crippen molar-refractivity contribution in [3.8, 4) is 0 Å². The van der Waals surface area contributed by atoms with E-state index in [1.54, 1.807) is 0 Å². The molecule has 110 valence electrons. The molecular weight excluding hydrogens is 285 g/mol. The van der Waals surface area contributed by atoms with Gasteiger partial charge in [0.1, 0.15) is 11.5 Å². The van der Waals surface area contributed by atoms with Gasteiger partial charge < -0.3 is 10.6 Å². The molecule has 2 N–H and O–H groups in total. The number of hydrogen-bond donors (Lipinski definition) is 1. The molecule has 1 fully saturated rings. The van der Waals surface area contributed by atoms with Crippen molar-refractivity contribution in [2.24, 2.45) is 11.7 Å². The van der Waals surface area contributed by atoms with Gasteiger partial charge in [0.05, 0.1) is 16.0 Å². The molecule has 1 saturated heterocycles. The van der Waals surface area contributed by atoms with Crippen LogP contribution in [0.25, 0.3) is 0 Å². The molecule has 0 bridgehead atoms. The summed E-state index contributed by atoms with van der Waals surface area (Å²) in [6, 6.07) is 2.22. The normalized spacial score (nSPS) is 22.9. The summed E-state index contributed by atoms with van der Waals surface area (Å²) < 4.78 is 13.4. The number of halogens is 2. The van der Waals surface area contributed by atoms with Crippen LogP contribution in [0.2, 0.25) is 5.02 Å². The highest BCUT2D eigenvalue weighted by atomic mass is 35.5. The maximum atomic E-state index is 13.4. The van der Waals surface area contributed by atoms with E-state index in [4.69, 9.17) is 17.3 Å². The van der Waals surface area contributed by atoms with Crippen LogP contribution in [0.1, 0.15) is 19.8 Å². The van der Waals surface area contributed by atoms with Gasteiger partial charge in [0.2, 0.25) is 0 Å². The number of nitrogens with zero attached hydrogens (tertiary/aromatic N) is 2. The zero-order valence-corrected chi connectivity index (χ0v) is 11.9. The number of rotatable bonds is 3. The van der Waals surface area contributed by atoms with E-state index < -0.39 is 10.7 Å². The third-order valence-corrected chi connectivity index (χ3v) is 4.06. The van der Waals surface area contributed by atoms with E-state index in [9.17, 15) is 14.5 Å². The molecule has 0 aromatic heterocycles. The molecule has 0 aliphatic carbocycles. The predicted molar refractivity (Wildman–Crippen MR) is 76.7 cm³/mol. The monoisotopic (exact) mass is 301 g/mol. The highest BCUT2D eigenvalue weighted by Gasteiger charge is 2.31. The van der Waals surface area contributed by atoms with Gasteiger partial charge in [-0.1, -0.05) is 18.5 Å². The van der Waals surface area contributed by atoms with Crippen molar-refractivity contribution < 1.29 is 9.31 Å². The van der Waals surface area contributed by atoms with Crippen LogP contribution in [-0.2, 0) is 0 Å². The molecule has 2 atom stereocenters. The molecule has 5 nitrogen and oxygen atoms in total. The molecule has 1 aliphatic heterocycles. The number of nitro benzene ring substituents is 1. The van der Waals surface area contributed by atoms with Gasteiger partial charge in [-0.2, -0.15) is 0 Å². The van der Waals surface area contributed by atoms with Crippen molar-refractivity contribution in [3.05, 3.63) is 33.1 Å². The lowest BCUT2D eigenvalue weighted by Gasteiger charge is -2.39. The number of benzene rings is 1. The SMILES string of the molecule is CC1CCN(c2cc(Cl)c(F)cc2[N+](=O)[O-])C(CN)C1. The fourth-order valence-corrected chi connectivity index (χ4v) is 2.85. The van der Waals surface area contributed by atoms with Gasteiger partial charge in [-0.3, -0.25) is 10.1 Å². The second-order valence-electron chi connectivity index (χ2n) is 5.22. The van der Waals surface area contributed by atoms with E-state index in [2.05, 4.69) is 6.92 Å². The molecule has 0 radical (unpaired) electrons. The zero-order valence-electron chi connectivity index (χ0n) is 11.2. The molecule has 2 rings (SSSR count). The number of piperidine rings is 1. The Morgan fingerprint density at radius 3 is 2.90 bits per heavy atom. The van der Waals surface area contributed by atoms with Crippen molar-refractivity contribution in [2.75, 3.05) is 18.0 Å². The first kappa shape index (κ1) is 15.0. The van der Waals surface area contributed by atoms with Gasteiger partial charge in [-0.15, -0.1) is 0 Å². The molecule has 1 aliphatic rings. The molecule has 0 saturated carbocycles. The molecule has 7 heteroatoms. The lowest BCUT2D eigenvalue weighted by atomic mass is 9.92. The van der Waals surface area contributed by atoms with Crippen molar-refractivity contribution >= 4 is 23.0 Å². The smallest absolute Gasteiger partial charge is 0.295 e. The lowest BCUT2D eigenvalue weighted by Crippen LogP contribution is -2.46. The second-order valence-corrected chi connectivity index (χ2v) is 5.63. The summed E-state index contributed by atoms with van der Waals surface area (Å²) in [6.07, 6.45) is 1.78. The lowest BCUT2D eigenvalue weighted by molar-refractivity contribution is -0.384. The minimum atomic E-state index is -0.781. The van der Waals surface area contributed by atoms with Gasteiger partial charge in [0.25, 0.3) is 5.69 Å². The van der Waals surface area contributed by atoms with Gasteiger partial charge in [-0.05, 0) is 24.8 Å². The Balaban J connectivity index is 2.45. The highest BCUT2D eigenvalue weighted by molar-refractivity contribution is 6.31. The minimum Gasteiger partial charge on any atom is -0.362 e. The van der Waals surface area contributed by atoms with Gasteiger partial charge in [0.15, 0.2) is 0 Å². The summed E-state index contributed by atoms with van der Waals surface area (Å²) in [6.45, 7) is 3.19. The van der Waals surface area contributed by atoms with Crippen LogP contribution < -0.4 is 10.6 Å². The molecule has 1 aromatic carbocycles. The molecule has 1 aromatic rings. The molecule has 20 heavy (non-hydrogen) atoms. The first-order chi connectivity index (χ1) is 9.43. The Hall–Kier alpha value is -1.40. The largest absolute Gasteiger partial charge is 0.362 e. The summed E-state index contributed by atoms with van der Waals surface area (Å²) in [5.41, 5.74) is 5.86. The van der Waals surface area contributed by atoms with Crippen LogP contribution >= 0.6 is 11.6 Å². The maximum Gasteiger partial charge on any atom is 0.295 e. The Morgan fingerprint density at radius 1 is 1.60 bits per heavy atom. The molecule has 0 amide bonds. The molecule has 1 heterocycles. The average molecular weight is 302 g/mol. The van der Waals surface area contributed by atoms with Gasteiger partial charge in [0, 0.05) is 19.1 Å². The van der Waals surface area contributed by atoms with Crippen LogP contribution in [0.5, 0.6) is 0 Å². The van der Waals surface area contributed by atoms with Crippen LogP contribution in [0, 0.1) is 21.8 Å². The van der Waals surface area contributed by atoms with Crippen LogP contribution in [0.15, 0.2) is 12.1 Å². The number of nitro groups is 1. The number of hydrogen-bond acceptors (Lipinski definition) is 4. The van der Waals surface area contributed by atoms with E-state index >= 15 is 0 Å². The number of nitrogens with two attached hydrogens (primary N) is 1. The average Bonchev–Trinajstić information content (AvgIpc) is 2.41. The van der Waals surface area contributed by atoms with Crippen LogP contribution in [0.4, 0.5) is 15.8 Å². The maximum absolute atomic E-state index is 13.4. The van der Waals surface area contributed by atoms with E-state index in [-0.39, 0.29) is 16.8 Å². The van der Waals surface area contributed by atoms with Crippen molar-refractivity contribution in [3.63, 3.8) is 0 Å². The van der Waals surface area contributed by atoms with Gasteiger partial charge in [-0.25, -0.2) is 4.39 Å². The first-order valence-corrected chi connectivity index (χ1v) is 6.92. The fourth-order valence-electron chi connectivity index (χ4n) is 2.69. The van der Waals surface area contributed by atoms with Gasteiger partial charge >= 0.3 is 0 Å². The van der Waals surface area contributed by atoms with Crippen LogP contribution in [0.3, 0.4) is 0 Å². The quantitative estimate of drug-likeness (QED) is 0.688.